The standard InChI is InChI=1S/C20H24N4O3/c1-12-6-5-9-14-17(12)20(27)23(15-10-11-16(25)24(21)19(15)26)18(22-14)13-7-3-2-4-8-13/h2-3,5-6,9,13,15,18,22H,4,7-8,10-11,21H2,1H3. The quantitative estimate of drug-likeness (QED) is 0.360. The van der Waals surface area contributed by atoms with E-state index < -0.39 is 17.9 Å². The van der Waals surface area contributed by atoms with Crippen LogP contribution in [0.4, 0.5) is 5.69 Å². The summed E-state index contributed by atoms with van der Waals surface area (Å²) in [6, 6.07) is 5.00. The topological polar surface area (TPSA) is 95.7 Å². The monoisotopic (exact) mass is 368 g/mol. The molecule has 0 saturated carbocycles. The minimum atomic E-state index is -0.726. The van der Waals surface area contributed by atoms with Gasteiger partial charge in [0, 0.05) is 18.0 Å². The molecule has 1 saturated heterocycles. The number of amides is 3. The number of nitrogens with two attached hydrogens (primary N) is 1. The normalized spacial score (nSPS) is 28.2. The van der Waals surface area contributed by atoms with Crippen molar-refractivity contribution in [1.29, 1.82) is 0 Å². The fraction of sp³-hybridized carbons (Fsp3) is 0.450. The van der Waals surface area contributed by atoms with E-state index in [4.69, 9.17) is 5.84 Å². The average molecular weight is 368 g/mol. The van der Waals surface area contributed by atoms with Crippen LogP contribution in [0.25, 0.3) is 0 Å². The Kier molecular flexibility index (Phi) is 4.47. The summed E-state index contributed by atoms with van der Waals surface area (Å²) in [5, 5.41) is 4.18. The van der Waals surface area contributed by atoms with E-state index in [-0.39, 0.29) is 24.4 Å². The number of nitrogens with zero attached hydrogens (tertiary/aromatic N) is 2. The van der Waals surface area contributed by atoms with Crippen LogP contribution in [0.2, 0.25) is 0 Å². The summed E-state index contributed by atoms with van der Waals surface area (Å²) >= 11 is 0. The third-order valence-corrected chi connectivity index (χ3v) is 5.84. The lowest BCUT2D eigenvalue weighted by molar-refractivity contribution is -0.153. The smallest absolute Gasteiger partial charge is 0.266 e. The van der Waals surface area contributed by atoms with Gasteiger partial charge in [0.2, 0.25) is 5.91 Å². The van der Waals surface area contributed by atoms with Crippen molar-refractivity contribution in [3.8, 4) is 0 Å². The molecule has 2 heterocycles. The largest absolute Gasteiger partial charge is 0.364 e. The predicted octanol–water partition coefficient (Wildman–Crippen LogP) is 1.94. The molecule has 3 aliphatic rings. The van der Waals surface area contributed by atoms with Crippen molar-refractivity contribution in [2.75, 3.05) is 5.32 Å². The number of carbonyl (C=O) groups excluding carboxylic acids is 3. The van der Waals surface area contributed by atoms with Gasteiger partial charge in [-0.3, -0.25) is 14.4 Å². The van der Waals surface area contributed by atoms with Gasteiger partial charge in [-0.25, -0.2) is 10.9 Å². The van der Waals surface area contributed by atoms with Crippen molar-refractivity contribution in [3.63, 3.8) is 0 Å². The van der Waals surface area contributed by atoms with Crippen LogP contribution >= 0.6 is 0 Å². The number of fused-ring (bicyclic) bond motifs is 1. The van der Waals surface area contributed by atoms with Crippen LogP contribution in [0.3, 0.4) is 0 Å². The second-order valence-electron chi connectivity index (χ2n) is 7.50. The molecule has 3 unspecified atom stereocenters. The summed E-state index contributed by atoms with van der Waals surface area (Å²) < 4.78 is 0. The minimum Gasteiger partial charge on any atom is -0.364 e. The first-order chi connectivity index (χ1) is 13.0. The van der Waals surface area contributed by atoms with Crippen LogP contribution in [0.15, 0.2) is 30.4 Å². The number of aryl methyl sites for hydroxylation is 1. The molecule has 4 rings (SSSR count). The van der Waals surface area contributed by atoms with Crippen molar-refractivity contribution in [3.05, 3.63) is 41.5 Å². The molecule has 1 aromatic rings. The van der Waals surface area contributed by atoms with Gasteiger partial charge in [0.15, 0.2) is 0 Å². The number of allylic oxidation sites excluding steroid dienone is 2. The van der Waals surface area contributed by atoms with Crippen LogP contribution in [-0.2, 0) is 9.59 Å². The lowest BCUT2D eigenvalue weighted by atomic mass is 9.86. The summed E-state index contributed by atoms with van der Waals surface area (Å²) in [5.41, 5.74) is 2.26. The van der Waals surface area contributed by atoms with Crippen LogP contribution in [0.1, 0.15) is 48.0 Å². The van der Waals surface area contributed by atoms with Crippen molar-refractivity contribution in [2.24, 2.45) is 11.8 Å². The molecule has 3 N–H and O–H groups in total. The van der Waals surface area contributed by atoms with E-state index in [1.807, 2.05) is 25.1 Å². The van der Waals surface area contributed by atoms with Crippen molar-refractivity contribution < 1.29 is 14.4 Å². The number of nitrogens with one attached hydrogen (secondary N) is 1. The molecule has 3 amide bonds. The molecule has 1 aliphatic carbocycles. The molecule has 7 nitrogen and oxygen atoms in total. The molecule has 7 heteroatoms. The maximum atomic E-state index is 13.5. The summed E-state index contributed by atoms with van der Waals surface area (Å²) in [6.07, 6.45) is 7.17. The highest BCUT2D eigenvalue weighted by Gasteiger charge is 2.46. The zero-order valence-corrected chi connectivity index (χ0v) is 15.4. The Morgan fingerprint density at radius 1 is 1.15 bits per heavy atom. The number of hydrogen-bond acceptors (Lipinski definition) is 5. The van der Waals surface area contributed by atoms with E-state index in [0.29, 0.717) is 17.0 Å². The summed E-state index contributed by atoms with van der Waals surface area (Å²) in [5.74, 6) is 4.81. The van der Waals surface area contributed by atoms with Crippen LogP contribution in [-0.4, -0.2) is 39.8 Å². The average Bonchev–Trinajstić information content (AvgIpc) is 2.67. The molecular weight excluding hydrogens is 344 g/mol. The van der Waals surface area contributed by atoms with E-state index in [9.17, 15) is 14.4 Å². The zero-order chi connectivity index (χ0) is 19.1. The number of benzene rings is 1. The van der Waals surface area contributed by atoms with Gasteiger partial charge < -0.3 is 10.2 Å². The van der Waals surface area contributed by atoms with Gasteiger partial charge >= 0.3 is 0 Å². The molecular formula is C20H24N4O3. The van der Waals surface area contributed by atoms with Gasteiger partial charge in [0.05, 0.1) is 5.56 Å². The van der Waals surface area contributed by atoms with Gasteiger partial charge in [0.1, 0.15) is 12.2 Å². The first-order valence-corrected chi connectivity index (χ1v) is 9.44. The highest BCUT2D eigenvalue weighted by Crippen LogP contribution is 2.36. The van der Waals surface area contributed by atoms with Crippen LogP contribution < -0.4 is 11.2 Å². The predicted molar refractivity (Wildman–Crippen MR) is 100 cm³/mol. The number of rotatable bonds is 2. The maximum absolute atomic E-state index is 13.5. The lowest BCUT2D eigenvalue weighted by Crippen LogP contribution is -2.64. The highest BCUT2D eigenvalue weighted by atomic mass is 16.2. The molecule has 0 spiro atoms. The Balaban J connectivity index is 1.76. The molecule has 0 bridgehead atoms. The number of piperidine rings is 1. The second-order valence-corrected chi connectivity index (χ2v) is 7.50. The molecule has 142 valence electrons. The van der Waals surface area contributed by atoms with Crippen LogP contribution in [0, 0.1) is 12.8 Å². The number of carbonyl (C=O) groups is 3. The SMILES string of the molecule is Cc1cccc2c1C(=O)N(C1CCC(=O)N(N)C1=O)C(C1CC=CCC1)N2. The summed E-state index contributed by atoms with van der Waals surface area (Å²) in [6.45, 7) is 1.89. The number of imide groups is 1. The van der Waals surface area contributed by atoms with Crippen molar-refractivity contribution in [2.45, 2.75) is 51.2 Å². The fourth-order valence-corrected chi connectivity index (χ4v) is 4.39. The Labute approximate surface area is 158 Å². The third kappa shape index (κ3) is 2.92. The first kappa shape index (κ1) is 17.7. The fourth-order valence-electron chi connectivity index (χ4n) is 4.39. The Bertz CT molecular complexity index is 835. The van der Waals surface area contributed by atoms with Gasteiger partial charge in [-0.05, 0) is 44.2 Å². The number of hydrogen-bond donors (Lipinski definition) is 2. The Morgan fingerprint density at radius 2 is 1.96 bits per heavy atom. The first-order valence-electron chi connectivity index (χ1n) is 9.44. The molecule has 2 aliphatic heterocycles. The number of hydrazine groups is 1. The van der Waals surface area contributed by atoms with E-state index >= 15 is 0 Å². The summed E-state index contributed by atoms with van der Waals surface area (Å²) in [4.78, 5) is 39.7. The third-order valence-electron chi connectivity index (χ3n) is 5.84. The zero-order valence-electron chi connectivity index (χ0n) is 15.4. The maximum Gasteiger partial charge on any atom is 0.266 e. The molecule has 3 atom stereocenters. The van der Waals surface area contributed by atoms with E-state index in [2.05, 4.69) is 17.5 Å². The van der Waals surface area contributed by atoms with E-state index in [1.165, 1.54) is 0 Å². The molecule has 0 radical (unpaired) electrons. The molecule has 27 heavy (non-hydrogen) atoms. The molecule has 1 fully saturated rings. The highest BCUT2D eigenvalue weighted by molar-refractivity contribution is 6.07. The van der Waals surface area contributed by atoms with Gasteiger partial charge in [-0.1, -0.05) is 24.3 Å². The van der Waals surface area contributed by atoms with E-state index in [0.717, 1.165) is 30.5 Å². The minimum absolute atomic E-state index is 0.161. The second kappa shape index (κ2) is 6.81. The van der Waals surface area contributed by atoms with E-state index in [1.54, 1.807) is 4.90 Å². The Morgan fingerprint density at radius 3 is 2.70 bits per heavy atom. The molecule has 0 aromatic heterocycles. The van der Waals surface area contributed by atoms with Gasteiger partial charge in [-0.15, -0.1) is 0 Å². The van der Waals surface area contributed by atoms with Crippen molar-refractivity contribution in [1.82, 2.24) is 9.91 Å². The van der Waals surface area contributed by atoms with Gasteiger partial charge in [-0.2, -0.15) is 0 Å². The Hall–Kier alpha value is -2.67. The number of anilines is 1. The van der Waals surface area contributed by atoms with Crippen LogP contribution in [0.5, 0.6) is 0 Å². The van der Waals surface area contributed by atoms with Crippen molar-refractivity contribution >= 4 is 23.4 Å². The summed E-state index contributed by atoms with van der Waals surface area (Å²) in [7, 11) is 0. The lowest BCUT2D eigenvalue weighted by Gasteiger charge is -2.47. The molecule has 1 aromatic carbocycles. The van der Waals surface area contributed by atoms with Gasteiger partial charge in [0.25, 0.3) is 11.8 Å².